The predicted molar refractivity (Wildman–Crippen MR) is 133 cm³/mol. The van der Waals surface area contributed by atoms with E-state index < -0.39 is 63.6 Å². The Labute approximate surface area is 227 Å². The summed E-state index contributed by atoms with van der Waals surface area (Å²) in [5.74, 6) is -2.00. The van der Waals surface area contributed by atoms with Crippen LogP contribution in [0.4, 0.5) is 0 Å². The molecule has 0 bridgehead atoms. The van der Waals surface area contributed by atoms with E-state index in [0.717, 1.165) is 5.56 Å². The van der Waals surface area contributed by atoms with E-state index in [1.807, 2.05) is 33.8 Å². The molecular weight excluding hydrogens is 504 g/mol. The first kappa shape index (κ1) is 25.4. The van der Waals surface area contributed by atoms with Crippen LogP contribution in [0.3, 0.4) is 0 Å². The summed E-state index contributed by atoms with van der Waals surface area (Å²) in [4.78, 5) is 53.3. The maximum absolute atomic E-state index is 14.6. The van der Waals surface area contributed by atoms with Gasteiger partial charge in [0.2, 0.25) is 0 Å². The molecule has 1 aromatic rings. The van der Waals surface area contributed by atoms with Crippen molar-refractivity contribution >= 4 is 23.5 Å². The van der Waals surface area contributed by atoms with Gasteiger partial charge in [0.05, 0.1) is 35.8 Å². The highest BCUT2D eigenvalue weighted by Crippen LogP contribution is 2.83. The lowest BCUT2D eigenvalue weighted by Crippen LogP contribution is -2.77. The Morgan fingerprint density at radius 1 is 0.974 bits per heavy atom. The summed E-state index contributed by atoms with van der Waals surface area (Å²) < 4.78 is 31.1. The van der Waals surface area contributed by atoms with Crippen molar-refractivity contribution in [3.05, 3.63) is 24.2 Å². The minimum atomic E-state index is -1.11. The second kappa shape index (κ2) is 7.40. The molecule has 9 heteroatoms. The lowest BCUT2D eigenvalue weighted by molar-refractivity contribution is -0.264. The van der Waals surface area contributed by atoms with E-state index in [1.54, 1.807) is 12.5 Å². The molecule has 2 saturated heterocycles. The highest BCUT2D eigenvalue weighted by Gasteiger charge is 2.93. The number of esters is 2. The van der Waals surface area contributed by atoms with Crippen molar-refractivity contribution in [3.63, 3.8) is 0 Å². The summed E-state index contributed by atoms with van der Waals surface area (Å²) in [6.45, 7) is 10.6. The van der Waals surface area contributed by atoms with Gasteiger partial charge >= 0.3 is 11.9 Å². The summed E-state index contributed by atoms with van der Waals surface area (Å²) in [5, 5.41) is 0. The number of fused-ring (bicyclic) bond motifs is 1. The number of hydrogen-bond acceptors (Lipinski definition) is 9. The largest absolute Gasteiger partial charge is 0.472 e. The Morgan fingerprint density at radius 2 is 1.69 bits per heavy atom. The molecule has 0 aromatic carbocycles. The second-order valence-electron chi connectivity index (χ2n) is 13.7. The number of Topliss-reactive ketones (excluding diaryl/α,β-unsaturated/α-hetero) is 2. The van der Waals surface area contributed by atoms with Crippen LogP contribution < -0.4 is 0 Å². The van der Waals surface area contributed by atoms with Gasteiger partial charge in [-0.1, -0.05) is 6.92 Å². The van der Waals surface area contributed by atoms with Gasteiger partial charge in [-0.3, -0.25) is 19.2 Å². The standard InChI is InChI=1S/C30H36O9/c1-14(31)36-23-24-28(6,20(34)11-19-26(3,4)38-21-9-17(33)12-29(19,21)24)30-22(39-30)10-18(16-7-8-35-13-16)27(30,5)25(23)37-15(2)32/h7-8,13,18-19,21-25H,9-12H2,1-6H3/t18-,19+,21+,22-,23-,24+,25+,27-,28-,29-,30-/m1/s1. The molecule has 2 aliphatic heterocycles. The second-order valence-corrected chi connectivity index (χ2v) is 13.7. The van der Waals surface area contributed by atoms with Gasteiger partial charge < -0.3 is 23.4 Å². The van der Waals surface area contributed by atoms with Crippen LogP contribution in [0.15, 0.2) is 23.0 Å². The molecule has 1 aromatic heterocycles. The zero-order chi connectivity index (χ0) is 27.9. The van der Waals surface area contributed by atoms with E-state index >= 15 is 0 Å². The van der Waals surface area contributed by atoms with Crippen molar-refractivity contribution < 1.29 is 42.5 Å². The van der Waals surface area contributed by atoms with Gasteiger partial charge in [0.15, 0.2) is 0 Å². The Kier molecular flexibility index (Phi) is 4.83. The minimum absolute atomic E-state index is 0.0276. The number of hydrogen-bond donors (Lipinski definition) is 0. The third-order valence-electron chi connectivity index (χ3n) is 11.8. The van der Waals surface area contributed by atoms with E-state index in [0.29, 0.717) is 6.42 Å². The van der Waals surface area contributed by atoms with Crippen LogP contribution in [0, 0.1) is 28.1 Å². The van der Waals surface area contributed by atoms with Crippen LogP contribution in [-0.4, -0.2) is 59.1 Å². The number of carbonyl (C=O) groups excluding carboxylic acids is 4. The molecule has 6 aliphatic rings. The van der Waals surface area contributed by atoms with E-state index in [1.165, 1.54) is 13.8 Å². The molecule has 210 valence electrons. The highest BCUT2D eigenvalue weighted by molar-refractivity contribution is 5.92. The van der Waals surface area contributed by atoms with Gasteiger partial charge in [-0.05, 0) is 38.8 Å². The lowest BCUT2D eigenvalue weighted by Gasteiger charge is -2.66. The third kappa shape index (κ3) is 2.69. The molecule has 0 radical (unpaired) electrons. The average molecular weight is 541 g/mol. The van der Waals surface area contributed by atoms with Crippen LogP contribution in [0.5, 0.6) is 0 Å². The van der Waals surface area contributed by atoms with Gasteiger partial charge in [-0.25, -0.2) is 0 Å². The number of rotatable bonds is 3. The van der Waals surface area contributed by atoms with Crippen LogP contribution in [0.1, 0.15) is 78.7 Å². The van der Waals surface area contributed by atoms with Crippen LogP contribution >= 0.6 is 0 Å². The Balaban J connectivity index is 1.51. The topological polar surface area (TPSA) is 122 Å². The van der Waals surface area contributed by atoms with E-state index in [9.17, 15) is 19.2 Å². The monoisotopic (exact) mass is 540 g/mol. The summed E-state index contributed by atoms with van der Waals surface area (Å²) in [6.07, 6.45) is 2.06. The zero-order valence-electron chi connectivity index (χ0n) is 23.3. The first-order valence-corrected chi connectivity index (χ1v) is 14.0. The number of furan rings is 1. The summed E-state index contributed by atoms with van der Waals surface area (Å²) in [7, 11) is 0. The van der Waals surface area contributed by atoms with Gasteiger partial charge in [0.1, 0.15) is 29.4 Å². The van der Waals surface area contributed by atoms with Gasteiger partial charge in [0, 0.05) is 61.7 Å². The molecule has 0 unspecified atom stereocenters. The maximum Gasteiger partial charge on any atom is 0.303 e. The molecule has 7 rings (SSSR count). The van der Waals surface area contributed by atoms with Gasteiger partial charge in [0.25, 0.3) is 0 Å². The Morgan fingerprint density at radius 3 is 2.33 bits per heavy atom. The SMILES string of the molecule is CC(=O)O[C@@H]1[C@@H]2[C@@]34CC(=O)C[C@@H]3OC(C)(C)[C@@H]4CC(=O)[C@@]2(C)[C@@]23O[C@@H]2C[C@H](c2ccoc2)[C@]3(C)[C@H]1OC(C)=O. The minimum Gasteiger partial charge on any atom is -0.472 e. The molecular formula is C30H36O9. The van der Waals surface area contributed by atoms with Crippen molar-refractivity contribution in [2.75, 3.05) is 0 Å². The smallest absolute Gasteiger partial charge is 0.303 e. The third-order valence-corrected chi connectivity index (χ3v) is 11.8. The molecule has 4 saturated carbocycles. The van der Waals surface area contributed by atoms with E-state index in [2.05, 4.69) is 0 Å². The summed E-state index contributed by atoms with van der Waals surface area (Å²) >= 11 is 0. The van der Waals surface area contributed by atoms with Crippen LogP contribution in [0.2, 0.25) is 0 Å². The molecule has 0 amide bonds. The van der Waals surface area contributed by atoms with Crippen LogP contribution in [0.25, 0.3) is 0 Å². The average Bonchev–Trinajstić information content (AvgIpc) is 3.09. The van der Waals surface area contributed by atoms with Gasteiger partial charge in [-0.2, -0.15) is 0 Å². The lowest BCUT2D eigenvalue weighted by atomic mass is 9.37. The molecule has 6 fully saturated rings. The van der Waals surface area contributed by atoms with Crippen molar-refractivity contribution in [1.82, 2.24) is 0 Å². The molecule has 39 heavy (non-hydrogen) atoms. The van der Waals surface area contributed by atoms with Crippen LogP contribution in [-0.2, 0) is 38.1 Å². The number of epoxide rings is 1. The number of carbonyl (C=O) groups is 4. The fourth-order valence-corrected chi connectivity index (χ4v) is 10.8. The fourth-order valence-electron chi connectivity index (χ4n) is 10.8. The predicted octanol–water partition coefficient (Wildman–Crippen LogP) is 3.53. The number of ether oxygens (including phenoxy) is 4. The Bertz CT molecular complexity index is 1300. The van der Waals surface area contributed by atoms with E-state index in [-0.39, 0.29) is 48.8 Å². The van der Waals surface area contributed by atoms with Crippen molar-refractivity contribution in [2.24, 2.45) is 28.1 Å². The summed E-state index contributed by atoms with van der Waals surface area (Å²) in [5.41, 5.74) is -3.48. The molecule has 3 heterocycles. The summed E-state index contributed by atoms with van der Waals surface area (Å²) in [6, 6.07) is 1.89. The van der Waals surface area contributed by atoms with Crippen molar-refractivity contribution in [3.8, 4) is 0 Å². The fraction of sp³-hybridized carbons (Fsp3) is 0.733. The highest BCUT2D eigenvalue weighted by atomic mass is 16.6. The molecule has 11 atom stereocenters. The van der Waals surface area contributed by atoms with Crippen molar-refractivity contribution in [1.29, 1.82) is 0 Å². The quantitative estimate of drug-likeness (QED) is 0.419. The molecule has 0 N–H and O–H groups in total. The molecule has 4 aliphatic carbocycles. The molecule has 2 spiro atoms. The molecule has 9 nitrogen and oxygen atoms in total. The van der Waals surface area contributed by atoms with Gasteiger partial charge in [-0.15, -0.1) is 0 Å². The van der Waals surface area contributed by atoms with E-state index in [4.69, 9.17) is 23.4 Å². The maximum atomic E-state index is 14.6. The van der Waals surface area contributed by atoms with Crippen molar-refractivity contribution in [2.45, 2.75) is 109 Å². The normalized spacial score (nSPS) is 50.4. The Hall–Kier alpha value is -2.52. The first-order valence-electron chi connectivity index (χ1n) is 14.0. The zero-order valence-corrected chi connectivity index (χ0v) is 23.3. The number of ketones is 2. The first-order chi connectivity index (χ1) is 18.2.